The molecule has 0 spiro atoms. The lowest BCUT2D eigenvalue weighted by atomic mass is 10.1. The lowest BCUT2D eigenvalue weighted by Gasteiger charge is -2.08. The molecule has 2 heterocycles. The van der Waals surface area contributed by atoms with E-state index in [0.717, 1.165) is 17.5 Å². The van der Waals surface area contributed by atoms with Gasteiger partial charge in [0.25, 0.3) is 0 Å². The van der Waals surface area contributed by atoms with E-state index in [1.807, 2.05) is 30.3 Å². The van der Waals surface area contributed by atoms with Crippen LogP contribution in [-0.4, -0.2) is 29.2 Å². The molecule has 0 saturated heterocycles. The summed E-state index contributed by atoms with van der Waals surface area (Å²) in [6, 6.07) is 9.66. The smallest absolute Gasteiger partial charge is 0.311 e. The van der Waals surface area contributed by atoms with Crippen molar-refractivity contribution >= 4 is 5.97 Å². The number of hydrogen-bond acceptors (Lipinski definition) is 5. The zero-order chi connectivity index (χ0) is 14.7. The molecule has 1 aliphatic rings. The Morgan fingerprint density at radius 2 is 2.10 bits per heavy atom. The predicted octanol–water partition coefficient (Wildman–Crippen LogP) is 2.18. The van der Waals surface area contributed by atoms with Crippen LogP contribution in [0.3, 0.4) is 0 Å². The summed E-state index contributed by atoms with van der Waals surface area (Å²) < 4.78 is 10.6. The Bertz CT molecular complexity index is 656. The van der Waals surface area contributed by atoms with Crippen molar-refractivity contribution in [1.82, 2.24) is 9.97 Å². The van der Waals surface area contributed by atoms with Crippen molar-refractivity contribution in [3.05, 3.63) is 41.6 Å². The van der Waals surface area contributed by atoms with Crippen molar-refractivity contribution in [2.45, 2.75) is 19.8 Å². The Balaban J connectivity index is 1.99. The van der Waals surface area contributed by atoms with Gasteiger partial charge in [0.1, 0.15) is 0 Å². The fraction of sp³-hybridized carbons (Fsp3) is 0.312. The summed E-state index contributed by atoms with van der Waals surface area (Å²) >= 11 is 0. The molecule has 0 N–H and O–H groups in total. The standard InChI is InChI=1S/C16H16N2O3/c1-2-20-14(19)10-13-12-8-9-21-16(12)18-15(17-13)11-6-4-3-5-7-11/h3-7H,2,8-10H2,1H3. The Kier molecular flexibility index (Phi) is 3.81. The number of benzene rings is 1. The highest BCUT2D eigenvalue weighted by molar-refractivity contribution is 5.73. The minimum absolute atomic E-state index is 0.155. The second-order valence-electron chi connectivity index (χ2n) is 4.72. The highest BCUT2D eigenvalue weighted by Gasteiger charge is 2.23. The van der Waals surface area contributed by atoms with Gasteiger partial charge >= 0.3 is 5.97 Å². The molecule has 0 saturated carbocycles. The Morgan fingerprint density at radius 1 is 1.29 bits per heavy atom. The van der Waals surface area contributed by atoms with Crippen molar-refractivity contribution in [3.8, 4) is 17.3 Å². The first-order valence-electron chi connectivity index (χ1n) is 7.01. The van der Waals surface area contributed by atoms with Crippen LogP contribution in [0.2, 0.25) is 0 Å². The molecule has 0 radical (unpaired) electrons. The first-order valence-corrected chi connectivity index (χ1v) is 7.01. The Morgan fingerprint density at radius 3 is 2.86 bits per heavy atom. The van der Waals surface area contributed by atoms with E-state index in [1.54, 1.807) is 6.92 Å². The second kappa shape index (κ2) is 5.91. The Hall–Kier alpha value is -2.43. The lowest BCUT2D eigenvalue weighted by Crippen LogP contribution is -2.11. The zero-order valence-electron chi connectivity index (χ0n) is 11.8. The predicted molar refractivity (Wildman–Crippen MR) is 77.0 cm³/mol. The Labute approximate surface area is 123 Å². The molecule has 108 valence electrons. The molecule has 0 fully saturated rings. The molecular weight excluding hydrogens is 268 g/mol. The van der Waals surface area contributed by atoms with Crippen molar-refractivity contribution < 1.29 is 14.3 Å². The number of esters is 1. The van der Waals surface area contributed by atoms with Crippen LogP contribution in [-0.2, 0) is 22.4 Å². The van der Waals surface area contributed by atoms with E-state index < -0.39 is 0 Å². The molecule has 2 aromatic rings. The van der Waals surface area contributed by atoms with Gasteiger partial charge in [0, 0.05) is 17.5 Å². The fourth-order valence-corrected chi connectivity index (χ4v) is 2.34. The monoisotopic (exact) mass is 284 g/mol. The summed E-state index contributed by atoms with van der Waals surface area (Å²) in [6.07, 6.45) is 0.890. The van der Waals surface area contributed by atoms with Gasteiger partial charge in [-0.15, -0.1) is 0 Å². The van der Waals surface area contributed by atoms with Crippen molar-refractivity contribution in [1.29, 1.82) is 0 Å². The van der Waals surface area contributed by atoms with Gasteiger partial charge in [-0.1, -0.05) is 30.3 Å². The van der Waals surface area contributed by atoms with Crippen LogP contribution >= 0.6 is 0 Å². The molecule has 0 unspecified atom stereocenters. The summed E-state index contributed by atoms with van der Waals surface area (Å²) in [5, 5.41) is 0. The van der Waals surface area contributed by atoms with Gasteiger partial charge in [-0.25, -0.2) is 4.98 Å². The quantitative estimate of drug-likeness (QED) is 0.805. The molecule has 21 heavy (non-hydrogen) atoms. The van der Waals surface area contributed by atoms with Gasteiger partial charge < -0.3 is 9.47 Å². The molecule has 5 nitrogen and oxygen atoms in total. The normalized spacial score (nSPS) is 12.6. The molecule has 1 aliphatic heterocycles. The third-order valence-electron chi connectivity index (χ3n) is 3.29. The number of carbonyl (C=O) groups is 1. The van der Waals surface area contributed by atoms with Gasteiger partial charge in [0.05, 0.1) is 25.3 Å². The van der Waals surface area contributed by atoms with E-state index in [0.29, 0.717) is 30.6 Å². The summed E-state index contributed by atoms with van der Waals surface area (Å²) in [7, 11) is 0. The van der Waals surface area contributed by atoms with E-state index in [-0.39, 0.29) is 12.4 Å². The fourth-order valence-electron chi connectivity index (χ4n) is 2.34. The maximum absolute atomic E-state index is 11.7. The minimum atomic E-state index is -0.274. The van der Waals surface area contributed by atoms with Gasteiger partial charge in [-0.2, -0.15) is 4.98 Å². The van der Waals surface area contributed by atoms with E-state index in [4.69, 9.17) is 9.47 Å². The lowest BCUT2D eigenvalue weighted by molar-refractivity contribution is -0.142. The van der Waals surface area contributed by atoms with Gasteiger partial charge in [0.2, 0.25) is 5.88 Å². The summed E-state index contributed by atoms with van der Waals surface area (Å²) in [5.41, 5.74) is 2.53. The van der Waals surface area contributed by atoms with Crippen molar-refractivity contribution in [2.24, 2.45) is 0 Å². The number of hydrogen-bond donors (Lipinski definition) is 0. The number of carbonyl (C=O) groups excluding carboxylic acids is 1. The largest absolute Gasteiger partial charge is 0.477 e. The topological polar surface area (TPSA) is 61.3 Å². The van der Waals surface area contributed by atoms with E-state index >= 15 is 0 Å². The van der Waals surface area contributed by atoms with Crippen LogP contribution in [0.5, 0.6) is 5.88 Å². The maximum atomic E-state index is 11.7. The molecule has 0 atom stereocenters. The molecule has 1 aromatic carbocycles. The van der Waals surface area contributed by atoms with E-state index in [1.165, 1.54) is 0 Å². The van der Waals surface area contributed by atoms with Crippen LogP contribution in [0.25, 0.3) is 11.4 Å². The van der Waals surface area contributed by atoms with Crippen LogP contribution in [0.15, 0.2) is 30.3 Å². The van der Waals surface area contributed by atoms with E-state index in [2.05, 4.69) is 9.97 Å². The zero-order valence-corrected chi connectivity index (χ0v) is 11.8. The van der Waals surface area contributed by atoms with Gasteiger partial charge in [0.15, 0.2) is 5.82 Å². The van der Waals surface area contributed by atoms with Crippen LogP contribution in [0, 0.1) is 0 Å². The SMILES string of the molecule is CCOC(=O)Cc1nc(-c2ccccc2)nc2c1CCO2. The molecule has 0 bridgehead atoms. The average Bonchev–Trinajstić information content (AvgIpc) is 2.97. The van der Waals surface area contributed by atoms with Crippen LogP contribution in [0.4, 0.5) is 0 Å². The number of ether oxygens (including phenoxy) is 2. The number of nitrogens with zero attached hydrogens (tertiary/aromatic N) is 2. The second-order valence-corrected chi connectivity index (χ2v) is 4.72. The van der Waals surface area contributed by atoms with E-state index in [9.17, 15) is 4.79 Å². The first-order chi connectivity index (χ1) is 10.3. The number of rotatable bonds is 4. The summed E-state index contributed by atoms with van der Waals surface area (Å²) in [5.74, 6) is 0.892. The highest BCUT2D eigenvalue weighted by Crippen LogP contribution is 2.28. The summed E-state index contributed by atoms with van der Waals surface area (Å²) in [6.45, 7) is 2.74. The van der Waals surface area contributed by atoms with Crippen LogP contribution in [0.1, 0.15) is 18.2 Å². The number of fused-ring (bicyclic) bond motifs is 1. The van der Waals surface area contributed by atoms with Gasteiger partial charge in [-0.05, 0) is 6.92 Å². The molecule has 0 aliphatic carbocycles. The molecular formula is C16H16N2O3. The number of aromatic nitrogens is 2. The average molecular weight is 284 g/mol. The maximum Gasteiger partial charge on any atom is 0.311 e. The molecule has 1 aromatic heterocycles. The highest BCUT2D eigenvalue weighted by atomic mass is 16.5. The molecule has 5 heteroatoms. The first kappa shape index (κ1) is 13.5. The van der Waals surface area contributed by atoms with Gasteiger partial charge in [-0.3, -0.25) is 4.79 Å². The van der Waals surface area contributed by atoms with Crippen LogP contribution < -0.4 is 4.74 Å². The molecule has 0 amide bonds. The third kappa shape index (κ3) is 2.86. The third-order valence-corrected chi connectivity index (χ3v) is 3.29. The minimum Gasteiger partial charge on any atom is -0.477 e. The summed E-state index contributed by atoms with van der Waals surface area (Å²) in [4.78, 5) is 20.7. The van der Waals surface area contributed by atoms with Crippen molar-refractivity contribution in [2.75, 3.05) is 13.2 Å². The van der Waals surface area contributed by atoms with Crippen molar-refractivity contribution in [3.63, 3.8) is 0 Å². The molecule has 3 rings (SSSR count).